The van der Waals surface area contributed by atoms with Gasteiger partial charge < -0.3 is 10.1 Å². The number of amides is 1. The molecular formula is C24H28N3O5S2+. The number of hydrogen-bond acceptors (Lipinski definition) is 7. The average molecular weight is 503 g/mol. The summed E-state index contributed by atoms with van der Waals surface area (Å²) >= 11 is 2.59. The van der Waals surface area contributed by atoms with Crippen molar-refractivity contribution in [2.24, 2.45) is 7.05 Å². The van der Waals surface area contributed by atoms with E-state index in [-0.39, 0.29) is 12.5 Å². The summed E-state index contributed by atoms with van der Waals surface area (Å²) in [7, 11) is 1.65. The Bertz CT molecular complexity index is 1230. The fraction of sp³-hybridized carbons (Fsp3) is 0.417. The number of nitrogens with one attached hydrogen (secondary N) is 2. The number of esters is 1. The maximum Gasteiger partial charge on any atom is 0.441 e. The van der Waals surface area contributed by atoms with Gasteiger partial charge in [0.1, 0.15) is 5.00 Å². The number of aromatic nitrogens is 2. The van der Waals surface area contributed by atoms with Crippen LogP contribution in [0, 0.1) is 0 Å². The van der Waals surface area contributed by atoms with E-state index in [1.165, 1.54) is 21.6 Å². The van der Waals surface area contributed by atoms with Gasteiger partial charge in [-0.2, -0.15) is 0 Å². The minimum Gasteiger partial charge on any atom is -0.462 e. The molecule has 2 heterocycles. The van der Waals surface area contributed by atoms with Gasteiger partial charge in [-0.25, -0.2) is 9.59 Å². The number of anilines is 1. The topological polar surface area (TPSA) is 105 Å². The standard InChI is InChI=1S/C24H27N3O5S2/c1-4-17(34-22-24(30)32-26-27(22)3)20(28)25-21-19(23(29)31-5-2)16-12-11-15(13-18(16)33-21)14-9-7-6-8-10-14/h6-10,15,17H,4-5,11-13H2,1-3H3,(H-,25,26,28,29,30)/p+1. The molecule has 1 aromatic carbocycles. The number of thiophene rings is 1. The van der Waals surface area contributed by atoms with E-state index in [0.717, 1.165) is 41.5 Å². The molecule has 180 valence electrons. The fourth-order valence-corrected chi connectivity index (χ4v) is 6.47. The van der Waals surface area contributed by atoms with Crippen molar-refractivity contribution < 1.29 is 23.5 Å². The molecule has 0 fully saturated rings. The molecule has 34 heavy (non-hydrogen) atoms. The minimum atomic E-state index is -0.531. The summed E-state index contributed by atoms with van der Waals surface area (Å²) in [5.41, 5.74) is 2.20. The van der Waals surface area contributed by atoms with Gasteiger partial charge in [-0.15, -0.1) is 11.3 Å². The van der Waals surface area contributed by atoms with Gasteiger partial charge in [0.15, 0.2) is 7.05 Å². The van der Waals surface area contributed by atoms with Gasteiger partial charge in [0.25, 0.3) is 0 Å². The molecule has 2 atom stereocenters. The fourth-order valence-electron chi connectivity index (χ4n) is 4.21. The van der Waals surface area contributed by atoms with Crippen molar-refractivity contribution in [1.29, 1.82) is 0 Å². The number of carbonyl (C=O) groups excluding carboxylic acids is 2. The van der Waals surface area contributed by atoms with Gasteiger partial charge in [0.05, 0.1) is 17.4 Å². The summed E-state index contributed by atoms with van der Waals surface area (Å²) < 4.78 is 11.6. The van der Waals surface area contributed by atoms with E-state index in [0.29, 0.717) is 27.9 Å². The quantitative estimate of drug-likeness (QED) is 0.276. The summed E-state index contributed by atoms with van der Waals surface area (Å²) in [4.78, 5) is 39.1. The molecular weight excluding hydrogens is 474 g/mol. The van der Waals surface area contributed by atoms with Crippen LogP contribution < -0.4 is 15.6 Å². The van der Waals surface area contributed by atoms with Gasteiger partial charge in [0.2, 0.25) is 5.91 Å². The lowest BCUT2D eigenvalue weighted by Crippen LogP contribution is -2.35. The molecule has 0 saturated carbocycles. The molecule has 2 aromatic heterocycles. The predicted molar refractivity (Wildman–Crippen MR) is 131 cm³/mol. The molecule has 0 spiro atoms. The Morgan fingerprint density at radius 1 is 1.32 bits per heavy atom. The van der Waals surface area contributed by atoms with Crippen LogP contribution in [0.1, 0.15) is 59.0 Å². The van der Waals surface area contributed by atoms with Crippen molar-refractivity contribution in [3.05, 3.63) is 62.3 Å². The molecule has 1 aliphatic rings. The van der Waals surface area contributed by atoms with Crippen LogP contribution in [-0.4, -0.2) is 29.0 Å². The number of nitrogens with zero attached hydrogens (tertiary/aromatic N) is 1. The molecule has 1 amide bonds. The summed E-state index contributed by atoms with van der Waals surface area (Å²) in [6, 6.07) is 10.4. The molecule has 2 unspecified atom stereocenters. The Balaban J connectivity index is 1.60. The third-order valence-corrected chi connectivity index (χ3v) is 8.59. The van der Waals surface area contributed by atoms with E-state index >= 15 is 0 Å². The van der Waals surface area contributed by atoms with Gasteiger partial charge in [-0.3, -0.25) is 9.32 Å². The van der Waals surface area contributed by atoms with E-state index in [9.17, 15) is 14.4 Å². The van der Waals surface area contributed by atoms with Gasteiger partial charge >= 0.3 is 16.6 Å². The monoisotopic (exact) mass is 502 g/mol. The second-order valence-corrected chi connectivity index (χ2v) is 10.4. The number of fused-ring (bicyclic) bond motifs is 1. The molecule has 0 radical (unpaired) electrons. The largest absolute Gasteiger partial charge is 0.462 e. The second-order valence-electron chi connectivity index (χ2n) is 8.13. The minimum absolute atomic E-state index is 0.261. The SMILES string of the molecule is CCOC(=O)c1c(NC(=O)C(CC)Sc2c(=O)o[nH][n+]2C)sc2c1CCC(c1ccccc1)C2. The molecule has 0 saturated heterocycles. The first-order valence-electron chi connectivity index (χ1n) is 11.3. The lowest BCUT2D eigenvalue weighted by molar-refractivity contribution is -0.772. The zero-order valence-electron chi connectivity index (χ0n) is 19.4. The van der Waals surface area contributed by atoms with Crippen molar-refractivity contribution in [3.8, 4) is 0 Å². The second kappa shape index (κ2) is 10.6. The first-order valence-corrected chi connectivity index (χ1v) is 13.0. The maximum absolute atomic E-state index is 13.2. The van der Waals surface area contributed by atoms with E-state index in [4.69, 9.17) is 9.26 Å². The highest BCUT2D eigenvalue weighted by Crippen LogP contribution is 2.43. The number of hydrogen-bond donors (Lipinski definition) is 2. The highest BCUT2D eigenvalue weighted by atomic mass is 32.2. The summed E-state index contributed by atoms with van der Waals surface area (Å²) in [6.07, 6.45) is 3.00. The van der Waals surface area contributed by atoms with E-state index in [1.54, 1.807) is 14.0 Å². The normalized spacial score (nSPS) is 16.0. The molecule has 4 rings (SSSR count). The number of benzene rings is 1. The molecule has 0 aliphatic heterocycles. The van der Waals surface area contributed by atoms with Gasteiger partial charge in [-0.05, 0) is 66.7 Å². The van der Waals surface area contributed by atoms with Crippen LogP contribution in [0.4, 0.5) is 5.00 Å². The molecule has 2 N–H and O–H groups in total. The van der Waals surface area contributed by atoms with Crippen LogP contribution in [-0.2, 0) is 29.4 Å². The molecule has 3 aromatic rings. The van der Waals surface area contributed by atoms with Crippen LogP contribution in [0.15, 0.2) is 44.7 Å². The Kier molecular flexibility index (Phi) is 7.57. The Labute approximate surface area is 205 Å². The summed E-state index contributed by atoms with van der Waals surface area (Å²) in [5, 5.41) is 5.73. The smallest absolute Gasteiger partial charge is 0.441 e. The third-order valence-electron chi connectivity index (χ3n) is 5.92. The van der Waals surface area contributed by atoms with Crippen LogP contribution in [0.5, 0.6) is 0 Å². The van der Waals surface area contributed by atoms with Crippen molar-refractivity contribution in [3.63, 3.8) is 0 Å². The first kappa shape index (κ1) is 24.3. The highest BCUT2D eigenvalue weighted by Gasteiger charge is 2.33. The molecule has 8 nitrogen and oxygen atoms in total. The Morgan fingerprint density at radius 3 is 2.74 bits per heavy atom. The zero-order chi connectivity index (χ0) is 24.2. The van der Waals surface area contributed by atoms with Crippen LogP contribution in [0.2, 0.25) is 0 Å². The van der Waals surface area contributed by atoms with Gasteiger partial charge in [-0.1, -0.05) is 41.9 Å². The van der Waals surface area contributed by atoms with E-state index < -0.39 is 16.8 Å². The lowest BCUT2D eigenvalue weighted by Gasteiger charge is -2.23. The summed E-state index contributed by atoms with van der Waals surface area (Å²) in [6.45, 7) is 3.91. The maximum atomic E-state index is 13.2. The van der Waals surface area contributed by atoms with E-state index in [1.807, 2.05) is 25.1 Å². The van der Waals surface area contributed by atoms with Crippen molar-refractivity contribution in [2.45, 2.75) is 55.7 Å². The molecule has 10 heteroatoms. The number of aryl methyl sites for hydroxylation is 1. The van der Waals surface area contributed by atoms with Crippen molar-refractivity contribution in [1.82, 2.24) is 5.27 Å². The van der Waals surface area contributed by atoms with Gasteiger partial charge in [0, 0.05) is 4.88 Å². The predicted octanol–water partition coefficient (Wildman–Crippen LogP) is 3.81. The zero-order valence-corrected chi connectivity index (χ0v) is 21.0. The number of rotatable bonds is 8. The average Bonchev–Trinajstić information content (AvgIpc) is 3.36. The lowest BCUT2D eigenvalue weighted by atomic mass is 9.83. The Hall–Kier alpha value is -2.85. The first-order chi connectivity index (χ1) is 16.4. The van der Waals surface area contributed by atoms with Crippen LogP contribution >= 0.6 is 23.1 Å². The number of aromatic amines is 1. The van der Waals surface area contributed by atoms with Crippen LogP contribution in [0.3, 0.4) is 0 Å². The van der Waals surface area contributed by atoms with E-state index in [2.05, 4.69) is 22.7 Å². The number of carbonyl (C=O) groups is 2. The molecule has 1 aliphatic carbocycles. The number of H-pyrrole nitrogens is 1. The van der Waals surface area contributed by atoms with Crippen LogP contribution in [0.25, 0.3) is 0 Å². The number of thioether (sulfide) groups is 1. The molecule has 0 bridgehead atoms. The van der Waals surface area contributed by atoms with Crippen molar-refractivity contribution >= 4 is 40.0 Å². The Morgan fingerprint density at radius 2 is 2.09 bits per heavy atom. The number of ether oxygens (including phenoxy) is 1. The van der Waals surface area contributed by atoms with Crippen molar-refractivity contribution in [2.75, 3.05) is 11.9 Å². The highest BCUT2D eigenvalue weighted by molar-refractivity contribution is 8.00. The third kappa shape index (κ3) is 4.97. The summed E-state index contributed by atoms with van der Waals surface area (Å²) in [5.74, 6) is -0.304.